The van der Waals surface area contributed by atoms with Gasteiger partial charge < -0.3 is 5.32 Å². The van der Waals surface area contributed by atoms with Crippen LogP contribution < -0.4 is 5.32 Å². The molecule has 1 N–H and O–H groups in total. The van der Waals surface area contributed by atoms with Crippen molar-refractivity contribution in [2.75, 3.05) is 0 Å². The Morgan fingerprint density at radius 3 is 2.10 bits per heavy atom. The molecule has 1 atom stereocenters. The van der Waals surface area contributed by atoms with E-state index in [2.05, 4.69) is 35.7 Å². The molecule has 2 aromatic carbocycles. The lowest BCUT2D eigenvalue weighted by atomic mass is 9.97. The van der Waals surface area contributed by atoms with Crippen molar-refractivity contribution >= 4 is 17.6 Å². The molecule has 0 aliphatic heterocycles. The minimum Gasteiger partial charge on any atom is -0.350 e. The van der Waals surface area contributed by atoms with Gasteiger partial charge in [-0.3, -0.25) is 4.79 Å². The number of amides is 1. The van der Waals surface area contributed by atoms with E-state index in [1.165, 1.54) is 0 Å². The highest BCUT2D eigenvalue weighted by Crippen LogP contribution is 2.21. The van der Waals surface area contributed by atoms with E-state index < -0.39 is 0 Å². The molecule has 0 fully saturated rings. The maximum Gasteiger partial charge on any atom is 0.217 e. The second kappa shape index (κ2) is 6.71. The normalized spacial score (nSPS) is 12.8. The van der Waals surface area contributed by atoms with Gasteiger partial charge in [-0.25, -0.2) is 0 Å². The molecule has 2 aromatic rings. The fourth-order valence-electron chi connectivity index (χ4n) is 2.20. The van der Waals surface area contributed by atoms with E-state index in [9.17, 15) is 4.79 Å². The molecule has 0 bridgehead atoms. The summed E-state index contributed by atoms with van der Waals surface area (Å²) in [4.78, 5) is 11.3. The summed E-state index contributed by atoms with van der Waals surface area (Å²) in [6.07, 6.45) is 2.12. The van der Waals surface area contributed by atoms with Gasteiger partial charge in [0.05, 0.1) is 6.04 Å². The minimum atomic E-state index is -0.0323. The SMILES string of the molecule is CC(=O)N[C@H](C)/C(=C\c1ccccc1)c1ccccc1. The van der Waals surface area contributed by atoms with Crippen molar-refractivity contribution in [2.45, 2.75) is 19.9 Å². The summed E-state index contributed by atoms with van der Waals surface area (Å²) in [7, 11) is 0. The summed E-state index contributed by atoms with van der Waals surface area (Å²) >= 11 is 0. The smallest absolute Gasteiger partial charge is 0.217 e. The third kappa shape index (κ3) is 3.82. The quantitative estimate of drug-likeness (QED) is 0.838. The molecule has 0 aliphatic rings. The van der Waals surface area contributed by atoms with Crippen molar-refractivity contribution in [3.63, 3.8) is 0 Å². The zero-order chi connectivity index (χ0) is 14.4. The van der Waals surface area contributed by atoms with E-state index in [1.54, 1.807) is 6.92 Å². The summed E-state index contributed by atoms with van der Waals surface area (Å²) in [5.74, 6) is -0.0209. The maximum atomic E-state index is 11.3. The van der Waals surface area contributed by atoms with Crippen LogP contribution in [0.5, 0.6) is 0 Å². The van der Waals surface area contributed by atoms with Crippen LogP contribution in [0, 0.1) is 0 Å². The molecule has 2 heteroatoms. The van der Waals surface area contributed by atoms with Gasteiger partial charge in [0.25, 0.3) is 0 Å². The first-order chi connectivity index (χ1) is 9.66. The highest BCUT2D eigenvalue weighted by molar-refractivity contribution is 5.86. The average Bonchev–Trinajstić information content (AvgIpc) is 2.46. The standard InChI is InChI=1S/C18H19NO/c1-14(19-15(2)20)18(17-11-7-4-8-12-17)13-16-9-5-3-6-10-16/h3-14H,1-2H3,(H,19,20)/b18-13+/t14-/m1/s1. The van der Waals surface area contributed by atoms with E-state index in [0.29, 0.717) is 0 Å². The summed E-state index contributed by atoms with van der Waals surface area (Å²) in [5.41, 5.74) is 3.35. The van der Waals surface area contributed by atoms with Gasteiger partial charge in [-0.15, -0.1) is 0 Å². The Morgan fingerprint density at radius 1 is 1.00 bits per heavy atom. The topological polar surface area (TPSA) is 29.1 Å². The Hall–Kier alpha value is -2.35. The lowest BCUT2D eigenvalue weighted by molar-refractivity contribution is -0.119. The predicted molar refractivity (Wildman–Crippen MR) is 84.0 cm³/mol. The molecule has 2 rings (SSSR count). The van der Waals surface area contributed by atoms with Gasteiger partial charge in [-0.05, 0) is 29.7 Å². The van der Waals surface area contributed by atoms with E-state index in [4.69, 9.17) is 0 Å². The molecule has 0 aromatic heterocycles. The molecule has 0 saturated carbocycles. The highest BCUT2D eigenvalue weighted by Gasteiger charge is 2.11. The molecule has 102 valence electrons. The maximum absolute atomic E-state index is 11.3. The molecule has 1 amide bonds. The second-order valence-corrected chi connectivity index (χ2v) is 4.80. The van der Waals surface area contributed by atoms with Crippen LogP contribution in [0.2, 0.25) is 0 Å². The summed E-state index contributed by atoms with van der Waals surface area (Å²) in [6.45, 7) is 3.55. The number of rotatable bonds is 4. The van der Waals surface area contributed by atoms with Gasteiger partial charge in [-0.2, -0.15) is 0 Å². The first-order valence-electron chi connectivity index (χ1n) is 6.76. The molecule has 0 saturated heterocycles. The third-order valence-electron chi connectivity index (χ3n) is 3.12. The Kier molecular flexibility index (Phi) is 4.72. The molecular formula is C18H19NO. The largest absolute Gasteiger partial charge is 0.350 e. The molecule has 0 radical (unpaired) electrons. The van der Waals surface area contributed by atoms with Crippen molar-refractivity contribution in [3.05, 3.63) is 71.8 Å². The van der Waals surface area contributed by atoms with E-state index in [1.807, 2.05) is 43.3 Å². The fraction of sp³-hybridized carbons (Fsp3) is 0.167. The van der Waals surface area contributed by atoms with Crippen LogP contribution in [0.25, 0.3) is 11.6 Å². The van der Waals surface area contributed by atoms with Gasteiger partial charge >= 0.3 is 0 Å². The van der Waals surface area contributed by atoms with Crippen LogP contribution in [-0.4, -0.2) is 11.9 Å². The lowest BCUT2D eigenvalue weighted by Gasteiger charge is -2.17. The van der Waals surface area contributed by atoms with Crippen molar-refractivity contribution in [2.24, 2.45) is 0 Å². The number of benzene rings is 2. The Balaban J connectivity index is 2.39. The monoisotopic (exact) mass is 265 g/mol. The molecular weight excluding hydrogens is 246 g/mol. The summed E-state index contributed by atoms with van der Waals surface area (Å²) < 4.78 is 0. The zero-order valence-corrected chi connectivity index (χ0v) is 11.8. The molecule has 2 nitrogen and oxygen atoms in total. The molecule has 0 aliphatic carbocycles. The van der Waals surface area contributed by atoms with E-state index in [-0.39, 0.29) is 11.9 Å². The number of carbonyl (C=O) groups is 1. The lowest BCUT2D eigenvalue weighted by Crippen LogP contribution is -2.31. The van der Waals surface area contributed by atoms with Gasteiger partial charge in [-0.1, -0.05) is 60.7 Å². The van der Waals surface area contributed by atoms with Crippen LogP contribution in [0.3, 0.4) is 0 Å². The van der Waals surface area contributed by atoms with E-state index >= 15 is 0 Å². The van der Waals surface area contributed by atoms with Crippen molar-refractivity contribution in [3.8, 4) is 0 Å². The van der Waals surface area contributed by atoms with Crippen LogP contribution in [0.15, 0.2) is 60.7 Å². The van der Waals surface area contributed by atoms with Gasteiger partial charge in [0.2, 0.25) is 5.91 Å². The van der Waals surface area contributed by atoms with Crippen molar-refractivity contribution in [1.82, 2.24) is 5.32 Å². The molecule has 0 spiro atoms. The van der Waals surface area contributed by atoms with Gasteiger partial charge in [0, 0.05) is 6.92 Å². The molecule has 20 heavy (non-hydrogen) atoms. The number of carbonyl (C=O) groups excluding carboxylic acids is 1. The Morgan fingerprint density at radius 2 is 1.55 bits per heavy atom. The first-order valence-corrected chi connectivity index (χ1v) is 6.76. The van der Waals surface area contributed by atoms with Crippen LogP contribution >= 0.6 is 0 Å². The first kappa shape index (κ1) is 14.1. The minimum absolute atomic E-state index is 0.0209. The van der Waals surface area contributed by atoms with Crippen LogP contribution in [-0.2, 0) is 4.79 Å². The van der Waals surface area contributed by atoms with Crippen molar-refractivity contribution < 1.29 is 4.79 Å². The van der Waals surface area contributed by atoms with Crippen LogP contribution in [0.1, 0.15) is 25.0 Å². The Bertz CT molecular complexity index is 587. The number of hydrogen-bond donors (Lipinski definition) is 1. The van der Waals surface area contributed by atoms with Gasteiger partial charge in [0.1, 0.15) is 0 Å². The number of hydrogen-bond acceptors (Lipinski definition) is 1. The fourth-order valence-corrected chi connectivity index (χ4v) is 2.20. The van der Waals surface area contributed by atoms with Crippen LogP contribution in [0.4, 0.5) is 0 Å². The second-order valence-electron chi connectivity index (χ2n) is 4.80. The Labute approximate surface area is 120 Å². The third-order valence-corrected chi connectivity index (χ3v) is 3.12. The predicted octanol–water partition coefficient (Wildman–Crippen LogP) is 3.75. The molecule has 0 heterocycles. The summed E-state index contributed by atoms with van der Waals surface area (Å²) in [6, 6.07) is 20.2. The zero-order valence-electron chi connectivity index (χ0n) is 11.8. The molecule has 0 unspecified atom stereocenters. The van der Waals surface area contributed by atoms with Gasteiger partial charge in [0.15, 0.2) is 0 Å². The highest BCUT2D eigenvalue weighted by atomic mass is 16.1. The average molecular weight is 265 g/mol. The summed E-state index contributed by atoms with van der Waals surface area (Å²) in [5, 5.41) is 2.95. The van der Waals surface area contributed by atoms with E-state index in [0.717, 1.165) is 16.7 Å². The van der Waals surface area contributed by atoms with Crippen molar-refractivity contribution in [1.29, 1.82) is 0 Å². The number of nitrogens with one attached hydrogen (secondary N) is 1.